The Kier molecular flexibility index (Phi) is 4.77. The molecule has 2 rings (SSSR count). The third-order valence-electron chi connectivity index (χ3n) is 2.79. The van der Waals surface area contributed by atoms with E-state index < -0.39 is 0 Å². The molecule has 88 valence electrons. The maximum atomic E-state index is 11.4. The lowest BCUT2D eigenvalue weighted by atomic mass is 10.1. The molecule has 0 aromatic heterocycles. The van der Waals surface area contributed by atoms with E-state index in [-0.39, 0.29) is 24.4 Å². The number of fused-ring (bicyclic) bond motifs is 1. The van der Waals surface area contributed by atoms with E-state index in [1.807, 2.05) is 12.1 Å². The van der Waals surface area contributed by atoms with Crippen molar-refractivity contribution >= 4 is 18.3 Å². The lowest BCUT2D eigenvalue weighted by Gasteiger charge is -2.11. The summed E-state index contributed by atoms with van der Waals surface area (Å²) in [6.07, 6.45) is 2.33. The summed E-state index contributed by atoms with van der Waals surface area (Å²) in [5.74, 6) is 0.0651. The third kappa shape index (κ3) is 2.97. The molecule has 1 amide bonds. The molecule has 0 heterocycles. The van der Waals surface area contributed by atoms with E-state index in [2.05, 4.69) is 17.4 Å². The van der Waals surface area contributed by atoms with E-state index in [1.54, 1.807) is 0 Å². The maximum absolute atomic E-state index is 11.4. The predicted octanol–water partition coefficient (Wildman–Crippen LogP) is 1.04. The first-order chi connectivity index (χ1) is 7.29. The minimum Gasteiger partial charge on any atom is -0.353 e. The van der Waals surface area contributed by atoms with Crippen molar-refractivity contribution in [1.29, 1.82) is 0 Å². The van der Waals surface area contributed by atoms with E-state index in [4.69, 9.17) is 5.73 Å². The summed E-state index contributed by atoms with van der Waals surface area (Å²) in [6.45, 7) is 0.422. The van der Waals surface area contributed by atoms with Gasteiger partial charge in [0.2, 0.25) is 5.91 Å². The van der Waals surface area contributed by atoms with Crippen LogP contribution in [0.2, 0.25) is 0 Å². The Morgan fingerprint density at radius 2 is 1.88 bits per heavy atom. The SMILES string of the molecule is Cl.NCCC(=O)NC1Cc2ccccc2C1. The number of rotatable bonds is 3. The monoisotopic (exact) mass is 240 g/mol. The number of carbonyl (C=O) groups is 1. The van der Waals surface area contributed by atoms with Gasteiger partial charge in [0.1, 0.15) is 0 Å². The number of carbonyl (C=O) groups excluding carboxylic acids is 1. The summed E-state index contributed by atoms with van der Waals surface area (Å²) in [5.41, 5.74) is 8.04. The number of halogens is 1. The van der Waals surface area contributed by atoms with Gasteiger partial charge < -0.3 is 11.1 Å². The summed E-state index contributed by atoms with van der Waals surface area (Å²) in [5, 5.41) is 3.01. The van der Waals surface area contributed by atoms with Crippen molar-refractivity contribution in [2.75, 3.05) is 6.54 Å². The molecule has 1 aromatic rings. The van der Waals surface area contributed by atoms with Gasteiger partial charge in [0, 0.05) is 19.0 Å². The summed E-state index contributed by atoms with van der Waals surface area (Å²) in [7, 11) is 0. The predicted molar refractivity (Wildman–Crippen MR) is 66.7 cm³/mol. The van der Waals surface area contributed by atoms with Crippen LogP contribution in [0.5, 0.6) is 0 Å². The minimum absolute atomic E-state index is 0. The Morgan fingerprint density at radius 3 is 2.38 bits per heavy atom. The smallest absolute Gasteiger partial charge is 0.221 e. The van der Waals surface area contributed by atoms with Gasteiger partial charge in [0.15, 0.2) is 0 Å². The van der Waals surface area contributed by atoms with Gasteiger partial charge in [-0.15, -0.1) is 12.4 Å². The fourth-order valence-corrected chi connectivity index (χ4v) is 2.09. The molecule has 1 aliphatic carbocycles. The zero-order valence-electron chi connectivity index (χ0n) is 9.11. The highest BCUT2D eigenvalue weighted by Crippen LogP contribution is 2.21. The van der Waals surface area contributed by atoms with Crippen molar-refractivity contribution in [2.24, 2.45) is 5.73 Å². The topological polar surface area (TPSA) is 55.1 Å². The first kappa shape index (κ1) is 13.0. The fraction of sp³-hybridized carbons (Fsp3) is 0.417. The largest absolute Gasteiger partial charge is 0.353 e. The molecule has 0 bridgehead atoms. The van der Waals surface area contributed by atoms with Gasteiger partial charge in [-0.05, 0) is 24.0 Å². The van der Waals surface area contributed by atoms with Gasteiger partial charge >= 0.3 is 0 Å². The number of nitrogens with two attached hydrogens (primary N) is 1. The van der Waals surface area contributed by atoms with Crippen LogP contribution in [0.4, 0.5) is 0 Å². The molecule has 16 heavy (non-hydrogen) atoms. The molecule has 0 saturated heterocycles. The van der Waals surface area contributed by atoms with Crippen molar-refractivity contribution in [3.63, 3.8) is 0 Å². The number of hydrogen-bond acceptors (Lipinski definition) is 2. The van der Waals surface area contributed by atoms with Crippen LogP contribution >= 0.6 is 12.4 Å². The maximum Gasteiger partial charge on any atom is 0.221 e. The van der Waals surface area contributed by atoms with Gasteiger partial charge in [-0.1, -0.05) is 24.3 Å². The van der Waals surface area contributed by atoms with Crippen LogP contribution < -0.4 is 11.1 Å². The Labute approximate surface area is 102 Å². The normalized spacial score (nSPS) is 14.1. The Balaban J connectivity index is 0.00000128. The first-order valence-corrected chi connectivity index (χ1v) is 5.36. The van der Waals surface area contributed by atoms with Gasteiger partial charge in [-0.2, -0.15) is 0 Å². The third-order valence-corrected chi connectivity index (χ3v) is 2.79. The summed E-state index contributed by atoms with van der Waals surface area (Å²) >= 11 is 0. The highest BCUT2D eigenvalue weighted by atomic mass is 35.5. The lowest BCUT2D eigenvalue weighted by molar-refractivity contribution is -0.121. The quantitative estimate of drug-likeness (QED) is 0.830. The van der Waals surface area contributed by atoms with Crippen LogP contribution in [0.15, 0.2) is 24.3 Å². The number of amides is 1. The van der Waals surface area contributed by atoms with Gasteiger partial charge in [-0.3, -0.25) is 4.79 Å². The van der Waals surface area contributed by atoms with Crippen LogP contribution in [0.3, 0.4) is 0 Å². The molecule has 0 radical (unpaired) electrons. The van der Waals surface area contributed by atoms with E-state index >= 15 is 0 Å². The zero-order valence-corrected chi connectivity index (χ0v) is 9.93. The molecular weight excluding hydrogens is 224 g/mol. The van der Waals surface area contributed by atoms with Crippen LogP contribution in [-0.4, -0.2) is 18.5 Å². The Hall–Kier alpha value is -1.06. The average molecular weight is 241 g/mol. The molecule has 0 saturated carbocycles. The summed E-state index contributed by atoms with van der Waals surface area (Å²) < 4.78 is 0. The number of hydrogen-bond donors (Lipinski definition) is 2. The molecule has 1 aromatic carbocycles. The Bertz CT molecular complexity index is 343. The van der Waals surface area contributed by atoms with E-state index in [0.717, 1.165) is 12.8 Å². The van der Waals surface area contributed by atoms with E-state index in [1.165, 1.54) is 11.1 Å². The van der Waals surface area contributed by atoms with Gasteiger partial charge in [-0.25, -0.2) is 0 Å². The van der Waals surface area contributed by atoms with Crippen LogP contribution in [0.25, 0.3) is 0 Å². The molecular formula is C12H17ClN2O. The first-order valence-electron chi connectivity index (χ1n) is 5.36. The average Bonchev–Trinajstić information content (AvgIpc) is 2.59. The molecule has 3 N–H and O–H groups in total. The van der Waals surface area contributed by atoms with Crippen molar-refractivity contribution in [3.05, 3.63) is 35.4 Å². The second-order valence-corrected chi connectivity index (χ2v) is 3.98. The van der Waals surface area contributed by atoms with Crippen molar-refractivity contribution < 1.29 is 4.79 Å². The molecule has 0 atom stereocenters. The zero-order chi connectivity index (χ0) is 10.7. The summed E-state index contributed by atoms with van der Waals surface area (Å²) in [6, 6.07) is 8.61. The fourth-order valence-electron chi connectivity index (χ4n) is 2.09. The van der Waals surface area contributed by atoms with Crippen molar-refractivity contribution in [3.8, 4) is 0 Å². The molecule has 0 spiro atoms. The van der Waals surface area contributed by atoms with Crippen LogP contribution in [0.1, 0.15) is 17.5 Å². The van der Waals surface area contributed by atoms with E-state index in [9.17, 15) is 4.79 Å². The highest BCUT2D eigenvalue weighted by Gasteiger charge is 2.21. The Morgan fingerprint density at radius 1 is 1.31 bits per heavy atom. The molecule has 0 aliphatic heterocycles. The standard InChI is InChI=1S/C12H16N2O.ClH/c13-6-5-12(15)14-11-7-9-3-1-2-4-10(9)8-11;/h1-4,11H,5-8,13H2,(H,14,15);1H. The second kappa shape index (κ2) is 5.87. The molecule has 0 fully saturated rings. The van der Waals surface area contributed by atoms with E-state index in [0.29, 0.717) is 13.0 Å². The van der Waals surface area contributed by atoms with Gasteiger partial charge in [0.25, 0.3) is 0 Å². The van der Waals surface area contributed by atoms with Crippen molar-refractivity contribution in [1.82, 2.24) is 5.32 Å². The molecule has 1 aliphatic rings. The minimum atomic E-state index is 0. The number of nitrogens with one attached hydrogen (secondary N) is 1. The molecule has 0 unspecified atom stereocenters. The summed E-state index contributed by atoms with van der Waals surface area (Å²) in [4.78, 5) is 11.4. The van der Waals surface area contributed by atoms with Crippen LogP contribution in [0, 0.1) is 0 Å². The number of benzene rings is 1. The van der Waals surface area contributed by atoms with Crippen molar-refractivity contribution in [2.45, 2.75) is 25.3 Å². The molecule has 4 heteroatoms. The van der Waals surface area contributed by atoms with Gasteiger partial charge in [0.05, 0.1) is 0 Å². The lowest BCUT2D eigenvalue weighted by Crippen LogP contribution is -2.36. The second-order valence-electron chi connectivity index (χ2n) is 3.98. The molecule has 3 nitrogen and oxygen atoms in total. The van der Waals surface area contributed by atoms with Crippen LogP contribution in [-0.2, 0) is 17.6 Å². The highest BCUT2D eigenvalue weighted by molar-refractivity contribution is 5.85.